The first kappa shape index (κ1) is 10.5. The predicted molar refractivity (Wildman–Crippen MR) is 52.6 cm³/mol. The molecule has 0 aromatic carbocycles. The van der Waals surface area contributed by atoms with Gasteiger partial charge in [0, 0.05) is 0 Å². The van der Waals surface area contributed by atoms with Crippen molar-refractivity contribution in [1.29, 1.82) is 0 Å². The Labute approximate surface area is 71.0 Å². The van der Waals surface area contributed by atoms with Gasteiger partial charge in [-0.2, -0.15) is 0 Å². The van der Waals surface area contributed by atoms with Crippen molar-refractivity contribution in [1.82, 2.24) is 0 Å². The van der Waals surface area contributed by atoms with E-state index in [0.29, 0.717) is 0 Å². The predicted octanol–water partition coefficient (Wildman–Crippen LogP) is 3.95. The van der Waals surface area contributed by atoms with Gasteiger partial charge in [-0.15, -0.1) is 0 Å². The van der Waals surface area contributed by atoms with Gasteiger partial charge in [-0.1, -0.05) is 44.6 Å². The summed E-state index contributed by atoms with van der Waals surface area (Å²) in [6.07, 6.45) is 8.13. The van der Waals surface area contributed by atoms with Gasteiger partial charge in [0.1, 0.15) is 0 Å². The van der Waals surface area contributed by atoms with E-state index in [1.807, 2.05) is 0 Å². The highest BCUT2D eigenvalue weighted by Crippen LogP contribution is 2.07. The van der Waals surface area contributed by atoms with Crippen LogP contribution in [0.5, 0.6) is 0 Å². The molecular weight excluding hydrogens is 132 g/mol. The highest BCUT2D eigenvalue weighted by atomic mass is 14.0. The van der Waals surface area contributed by atoms with Crippen molar-refractivity contribution in [2.45, 2.75) is 40.0 Å². The van der Waals surface area contributed by atoms with Crippen LogP contribution in [0.2, 0.25) is 0 Å². The molecule has 1 atom stereocenters. The second-order valence-corrected chi connectivity index (χ2v) is 3.36. The van der Waals surface area contributed by atoms with Crippen molar-refractivity contribution < 1.29 is 0 Å². The smallest absolute Gasteiger partial charge is 0.0144 e. The van der Waals surface area contributed by atoms with E-state index < -0.39 is 0 Å². The van der Waals surface area contributed by atoms with E-state index in [1.54, 1.807) is 0 Å². The lowest BCUT2D eigenvalue weighted by molar-refractivity contribution is 0.633. The molecule has 0 N–H and O–H groups in total. The Balaban J connectivity index is 3.47. The Bertz CT molecular complexity index is 131. The number of hydrogen-bond donors (Lipinski definition) is 0. The van der Waals surface area contributed by atoms with Crippen LogP contribution < -0.4 is 0 Å². The first-order valence-electron chi connectivity index (χ1n) is 4.47. The molecular formula is C11H20. The monoisotopic (exact) mass is 152 g/mol. The van der Waals surface area contributed by atoms with Crippen LogP contribution in [-0.4, -0.2) is 0 Å². The molecule has 1 unspecified atom stereocenters. The van der Waals surface area contributed by atoms with Crippen molar-refractivity contribution in [3.05, 3.63) is 24.3 Å². The van der Waals surface area contributed by atoms with Crippen molar-refractivity contribution in [3.8, 4) is 0 Å². The van der Waals surface area contributed by atoms with Crippen molar-refractivity contribution in [2.24, 2.45) is 5.92 Å². The minimum absolute atomic E-state index is 0.736. The number of hydrogen-bond acceptors (Lipinski definition) is 0. The lowest BCUT2D eigenvalue weighted by Crippen LogP contribution is -1.86. The Morgan fingerprint density at radius 2 is 2.18 bits per heavy atom. The third-order valence-corrected chi connectivity index (χ3v) is 1.67. The fourth-order valence-electron chi connectivity index (χ4n) is 1.05. The lowest BCUT2D eigenvalue weighted by atomic mass is 10.0. The van der Waals surface area contributed by atoms with Gasteiger partial charge in [-0.25, -0.2) is 0 Å². The second kappa shape index (κ2) is 6.21. The van der Waals surface area contributed by atoms with Gasteiger partial charge in [-0.3, -0.25) is 0 Å². The summed E-state index contributed by atoms with van der Waals surface area (Å²) in [6, 6.07) is 0. The average Bonchev–Trinajstić information content (AvgIpc) is 1.87. The molecule has 0 aromatic rings. The fourth-order valence-corrected chi connectivity index (χ4v) is 1.05. The lowest BCUT2D eigenvalue weighted by Gasteiger charge is -2.01. The molecule has 0 fully saturated rings. The fraction of sp³-hybridized carbons (Fsp3) is 0.636. The highest BCUT2D eigenvalue weighted by molar-refractivity contribution is 4.99. The van der Waals surface area contributed by atoms with Crippen LogP contribution in [0.3, 0.4) is 0 Å². The summed E-state index contributed by atoms with van der Waals surface area (Å²) in [6.45, 7) is 10.4. The zero-order valence-electron chi connectivity index (χ0n) is 8.06. The summed E-state index contributed by atoms with van der Waals surface area (Å²) in [4.78, 5) is 0. The number of rotatable bonds is 5. The van der Waals surface area contributed by atoms with Crippen molar-refractivity contribution in [3.63, 3.8) is 0 Å². The second-order valence-electron chi connectivity index (χ2n) is 3.36. The third-order valence-electron chi connectivity index (χ3n) is 1.67. The SMILES string of the molecule is C=C(C)C/C=C\C(C)CCC. The van der Waals surface area contributed by atoms with E-state index >= 15 is 0 Å². The molecule has 11 heavy (non-hydrogen) atoms. The molecule has 0 aromatic heterocycles. The highest BCUT2D eigenvalue weighted by Gasteiger charge is 1.92. The largest absolute Gasteiger partial charge is 0.0998 e. The summed E-state index contributed by atoms with van der Waals surface area (Å²) < 4.78 is 0. The van der Waals surface area contributed by atoms with Gasteiger partial charge in [0.05, 0.1) is 0 Å². The molecule has 0 nitrogen and oxygen atoms in total. The van der Waals surface area contributed by atoms with E-state index in [1.165, 1.54) is 18.4 Å². The van der Waals surface area contributed by atoms with Crippen LogP contribution >= 0.6 is 0 Å². The van der Waals surface area contributed by atoms with Crippen LogP contribution in [0.4, 0.5) is 0 Å². The zero-order chi connectivity index (χ0) is 8.69. The van der Waals surface area contributed by atoms with Crippen LogP contribution in [0, 0.1) is 5.92 Å². The van der Waals surface area contributed by atoms with E-state index in [0.717, 1.165) is 12.3 Å². The molecule has 0 saturated carbocycles. The van der Waals surface area contributed by atoms with Crippen LogP contribution in [0.15, 0.2) is 24.3 Å². The van der Waals surface area contributed by atoms with E-state index in [4.69, 9.17) is 0 Å². The molecule has 64 valence electrons. The maximum absolute atomic E-state index is 3.85. The minimum Gasteiger partial charge on any atom is -0.0998 e. The molecule has 0 bridgehead atoms. The molecule has 0 saturated heterocycles. The molecule has 0 aliphatic heterocycles. The Kier molecular flexibility index (Phi) is 5.91. The maximum Gasteiger partial charge on any atom is -0.0144 e. The molecule has 0 spiro atoms. The molecule has 0 aliphatic carbocycles. The van der Waals surface area contributed by atoms with Crippen LogP contribution in [0.25, 0.3) is 0 Å². The van der Waals surface area contributed by atoms with Gasteiger partial charge < -0.3 is 0 Å². The molecule has 0 heteroatoms. The van der Waals surface area contributed by atoms with E-state index in [2.05, 4.69) is 39.5 Å². The standard InChI is InChI=1S/C11H20/c1-5-7-11(4)9-6-8-10(2)3/h6,9,11H,2,5,7-8H2,1,3-4H3/b9-6-. The molecule has 0 radical (unpaired) electrons. The summed E-state index contributed by atoms with van der Waals surface area (Å²) in [5.74, 6) is 0.736. The minimum atomic E-state index is 0.736. The van der Waals surface area contributed by atoms with E-state index in [9.17, 15) is 0 Å². The average molecular weight is 152 g/mol. The summed E-state index contributed by atoms with van der Waals surface area (Å²) in [7, 11) is 0. The Morgan fingerprint density at radius 1 is 1.55 bits per heavy atom. The van der Waals surface area contributed by atoms with E-state index in [-0.39, 0.29) is 0 Å². The van der Waals surface area contributed by atoms with Gasteiger partial charge in [0.25, 0.3) is 0 Å². The zero-order valence-corrected chi connectivity index (χ0v) is 8.06. The quantitative estimate of drug-likeness (QED) is 0.523. The summed E-state index contributed by atoms with van der Waals surface area (Å²) >= 11 is 0. The van der Waals surface area contributed by atoms with Crippen molar-refractivity contribution in [2.75, 3.05) is 0 Å². The first-order chi connectivity index (χ1) is 5.16. The Hall–Kier alpha value is -0.520. The molecule has 0 aliphatic rings. The van der Waals surface area contributed by atoms with Gasteiger partial charge >= 0.3 is 0 Å². The Morgan fingerprint density at radius 3 is 2.64 bits per heavy atom. The van der Waals surface area contributed by atoms with Gasteiger partial charge in [0.2, 0.25) is 0 Å². The first-order valence-corrected chi connectivity index (χ1v) is 4.47. The van der Waals surface area contributed by atoms with Crippen LogP contribution in [0.1, 0.15) is 40.0 Å². The van der Waals surface area contributed by atoms with Crippen molar-refractivity contribution >= 4 is 0 Å². The normalized spacial score (nSPS) is 13.7. The molecule has 0 amide bonds. The summed E-state index contributed by atoms with van der Waals surface area (Å²) in [5, 5.41) is 0. The maximum atomic E-state index is 3.85. The van der Waals surface area contributed by atoms with Gasteiger partial charge in [0.15, 0.2) is 0 Å². The number of allylic oxidation sites excluding steroid dienone is 3. The third kappa shape index (κ3) is 7.38. The van der Waals surface area contributed by atoms with Gasteiger partial charge in [-0.05, 0) is 25.7 Å². The molecule has 0 heterocycles. The van der Waals surface area contributed by atoms with Crippen LogP contribution in [-0.2, 0) is 0 Å². The topological polar surface area (TPSA) is 0 Å². The summed E-state index contributed by atoms with van der Waals surface area (Å²) in [5.41, 5.74) is 1.24. The molecule has 0 rings (SSSR count).